The van der Waals surface area contributed by atoms with E-state index in [2.05, 4.69) is 37.3 Å². The van der Waals surface area contributed by atoms with E-state index in [9.17, 15) is 9.18 Å². The van der Waals surface area contributed by atoms with Gasteiger partial charge in [-0.25, -0.2) is 13.8 Å². The summed E-state index contributed by atoms with van der Waals surface area (Å²) in [5.74, 6) is -1.71. The molecule has 0 radical (unpaired) electrons. The number of anilines is 1. The van der Waals surface area contributed by atoms with Crippen molar-refractivity contribution >= 4 is 22.5 Å². The molecule has 1 amide bonds. The predicted octanol–water partition coefficient (Wildman–Crippen LogP) is 5.61. The Morgan fingerprint density at radius 3 is 2.61 bits per heavy atom. The molecular weight excluding hydrogens is 526 g/mol. The molecule has 2 aromatic carbocycles. The molecule has 2 fully saturated rings. The van der Waals surface area contributed by atoms with E-state index in [1.54, 1.807) is 42.6 Å². The van der Waals surface area contributed by atoms with E-state index >= 15 is 4.39 Å². The fourth-order valence-electron chi connectivity index (χ4n) is 5.66. The number of rotatable bonds is 7. The maximum atomic E-state index is 15.0. The number of piperidine rings is 2. The Balaban J connectivity index is 1.19. The van der Waals surface area contributed by atoms with Crippen molar-refractivity contribution in [3.8, 4) is 17.0 Å². The van der Waals surface area contributed by atoms with E-state index < -0.39 is 17.5 Å². The average Bonchev–Trinajstić information content (AvgIpc) is 3.41. The van der Waals surface area contributed by atoms with Crippen LogP contribution in [0.4, 0.5) is 14.5 Å². The number of ether oxygens (including phenoxy) is 1. The lowest BCUT2D eigenvalue weighted by molar-refractivity contribution is 0.102. The zero-order valence-electron chi connectivity index (χ0n) is 23.1. The number of hydrogen-bond donors (Lipinski definition) is 2. The summed E-state index contributed by atoms with van der Waals surface area (Å²) in [5.41, 5.74) is 2.62. The van der Waals surface area contributed by atoms with Crippen LogP contribution in [0.3, 0.4) is 0 Å². The number of nitrogens with one attached hydrogen (secondary N) is 2. The van der Waals surface area contributed by atoms with Gasteiger partial charge in [0.15, 0.2) is 17.3 Å². The van der Waals surface area contributed by atoms with Crippen molar-refractivity contribution in [2.45, 2.75) is 44.8 Å². The molecule has 41 heavy (non-hydrogen) atoms. The lowest BCUT2D eigenvalue weighted by Gasteiger charge is -2.28. The molecule has 2 aliphatic heterocycles. The number of carbonyl (C=O) groups is 1. The second kappa shape index (κ2) is 11.9. The van der Waals surface area contributed by atoms with Crippen LogP contribution in [0, 0.1) is 11.6 Å². The number of benzene rings is 2. The molecule has 6 rings (SSSR count). The predicted molar refractivity (Wildman–Crippen MR) is 154 cm³/mol. The summed E-state index contributed by atoms with van der Waals surface area (Å²) in [7, 11) is 2.10. The molecule has 0 atom stereocenters. The van der Waals surface area contributed by atoms with Gasteiger partial charge in [-0.3, -0.25) is 14.8 Å². The van der Waals surface area contributed by atoms with Crippen molar-refractivity contribution in [1.29, 1.82) is 0 Å². The molecule has 2 aliphatic rings. The van der Waals surface area contributed by atoms with Crippen LogP contribution in [-0.2, 0) is 6.54 Å². The smallest absolute Gasteiger partial charge is 0.276 e. The highest BCUT2D eigenvalue weighted by Crippen LogP contribution is 2.31. The van der Waals surface area contributed by atoms with Crippen molar-refractivity contribution < 1.29 is 18.3 Å². The first-order valence-corrected chi connectivity index (χ1v) is 14.2. The first kappa shape index (κ1) is 27.3. The molecule has 214 valence electrons. The highest BCUT2D eigenvalue weighted by Gasteiger charge is 2.21. The molecule has 2 aromatic heterocycles. The van der Waals surface area contributed by atoms with Crippen molar-refractivity contribution in [1.82, 2.24) is 25.0 Å². The lowest BCUT2D eigenvalue weighted by atomic mass is 9.99. The van der Waals surface area contributed by atoms with Crippen LogP contribution in [0.2, 0.25) is 0 Å². The summed E-state index contributed by atoms with van der Waals surface area (Å²) >= 11 is 0. The van der Waals surface area contributed by atoms with Gasteiger partial charge < -0.3 is 15.0 Å². The Labute approximate surface area is 237 Å². The number of nitrogens with zero attached hydrogens (tertiary/aromatic N) is 4. The van der Waals surface area contributed by atoms with Gasteiger partial charge in [-0.15, -0.1) is 0 Å². The minimum absolute atomic E-state index is 0.132. The van der Waals surface area contributed by atoms with Crippen LogP contribution in [0.1, 0.15) is 48.2 Å². The zero-order valence-corrected chi connectivity index (χ0v) is 23.1. The minimum Gasteiger partial charge on any atom is -0.474 e. The van der Waals surface area contributed by atoms with Gasteiger partial charge in [-0.2, -0.15) is 5.10 Å². The fraction of sp³-hybridized carbons (Fsp3) is 0.387. The Morgan fingerprint density at radius 2 is 1.85 bits per heavy atom. The molecule has 8 nitrogen and oxygen atoms in total. The Morgan fingerprint density at radius 1 is 1.05 bits per heavy atom. The third kappa shape index (κ3) is 6.23. The van der Waals surface area contributed by atoms with Crippen molar-refractivity contribution in [2.75, 3.05) is 38.5 Å². The average molecular weight is 561 g/mol. The third-order valence-electron chi connectivity index (χ3n) is 7.98. The number of fused-ring (bicyclic) bond motifs is 1. The number of aromatic nitrogens is 3. The van der Waals surface area contributed by atoms with Crippen LogP contribution in [0.15, 0.2) is 48.7 Å². The van der Waals surface area contributed by atoms with E-state index in [-0.39, 0.29) is 17.4 Å². The standard InChI is InChI=1S/C31H34F2N6O2/c1-38-13-9-23(10-14-38)41-28-8-6-22(18-34-28)35-31(40)30-25-17-21(5-7-27(25)36-37-30)24-15-20(16-26(32)29(24)33)19-39-11-3-2-4-12-39/h5-8,15-18,23H,2-4,9-14,19H2,1H3,(H,35,40)(H,36,37). The van der Waals surface area contributed by atoms with Gasteiger partial charge in [0.05, 0.1) is 17.4 Å². The summed E-state index contributed by atoms with van der Waals surface area (Å²) in [6, 6.07) is 11.6. The number of amides is 1. The second-order valence-electron chi connectivity index (χ2n) is 11.1. The molecule has 0 saturated carbocycles. The lowest BCUT2D eigenvalue weighted by Crippen LogP contribution is -2.35. The normalized spacial score (nSPS) is 17.1. The van der Waals surface area contributed by atoms with Gasteiger partial charge in [0.2, 0.25) is 5.88 Å². The van der Waals surface area contributed by atoms with Crippen LogP contribution in [0.25, 0.3) is 22.0 Å². The first-order valence-electron chi connectivity index (χ1n) is 14.2. The topological polar surface area (TPSA) is 86.4 Å². The van der Waals surface area contributed by atoms with Gasteiger partial charge in [-0.1, -0.05) is 12.5 Å². The zero-order chi connectivity index (χ0) is 28.3. The maximum absolute atomic E-state index is 15.0. The molecule has 4 heterocycles. The molecular formula is C31H34F2N6O2. The Hall–Kier alpha value is -3.89. The van der Waals surface area contributed by atoms with Gasteiger partial charge in [0.1, 0.15) is 6.10 Å². The Kier molecular flexibility index (Phi) is 7.93. The number of pyridine rings is 1. The summed E-state index contributed by atoms with van der Waals surface area (Å²) in [6.07, 6.45) is 7.01. The summed E-state index contributed by atoms with van der Waals surface area (Å²) in [5, 5.41) is 10.4. The number of carbonyl (C=O) groups excluding carboxylic acids is 1. The van der Waals surface area contributed by atoms with Crippen molar-refractivity contribution in [2.24, 2.45) is 0 Å². The van der Waals surface area contributed by atoms with E-state index in [1.807, 2.05) is 0 Å². The number of halogens is 2. The van der Waals surface area contributed by atoms with Crippen molar-refractivity contribution in [3.63, 3.8) is 0 Å². The second-order valence-corrected chi connectivity index (χ2v) is 11.1. The molecule has 0 aliphatic carbocycles. The van der Waals surface area contributed by atoms with Crippen LogP contribution in [0.5, 0.6) is 5.88 Å². The summed E-state index contributed by atoms with van der Waals surface area (Å²) < 4.78 is 35.7. The molecule has 2 saturated heterocycles. The van der Waals surface area contributed by atoms with Crippen molar-refractivity contribution in [3.05, 3.63) is 71.6 Å². The molecule has 0 bridgehead atoms. The number of H-pyrrole nitrogens is 1. The quantitative estimate of drug-likeness (QED) is 0.306. The van der Waals surface area contributed by atoms with Crippen LogP contribution >= 0.6 is 0 Å². The molecule has 4 aromatic rings. The molecule has 0 spiro atoms. The van der Waals surface area contributed by atoms with E-state index in [0.717, 1.165) is 57.4 Å². The number of likely N-dealkylation sites (tertiary alicyclic amines) is 2. The van der Waals surface area contributed by atoms with Gasteiger partial charge >= 0.3 is 0 Å². The van der Waals surface area contributed by atoms with E-state index in [1.165, 1.54) is 12.5 Å². The summed E-state index contributed by atoms with van der Waals surface area (Å²) in [4.78, 5) is 22.1. The van der Waals surface area contributed by atoms with E-state index in [0.29, 0.717) is 34.6 Å². The monoisotopic (exact) mass is 560 g/mol. The number of aromatic amines is 1. The third-order valence-corrected chi connectivity index (χ3v) is 7.98. The summed E-state index contributed by atoms with van der Waals surface area (Å²) in [6.45, 7) is 4.46. The molecule has 0 unspecified atom stereocenters. The van der Waals surface area contributed by atoms with E-state index in [4.69, 9.17) is 4.74 Å². The highest BCUT2D eigenvalue weighted by atomic mass is 19.2. The minimum atomic E-state index is -0.908. The van der Waals surface area contributed by atoms with Gasteiger partial charge in [-0.05, 0) is 87.3 Å². The number of hydrogen-bond acceptors (Lipinski definition) is 6. The largest absolute Gasteiger partial charge is 0.474 e. The SMILES string of the molecule is CN1CCC(Oc2ccc(NC(=O)c3n[nH]c4ccc(-c5cc(CN6CCCCC6)cc(F)c5F)cc34)cn2)CC1. The van der Waals surface area contributed by atoms with Gasteiger partial charge in [0.25, 0.3) is 5.91 Å². The molecule has 10 heteroatoms. The highest BCUT2D eigenvalue weighted by molar-refractivity contribution is 6.11. The fourth-order valence-corrected chi connectivity index (χ4v) is 5.66. The van der Waals surface area contributed by atoms with Crippen LogP contribution < -0.4 is 10.1 Å². The van der Waals surface area contributed by atoms with Gasteiger partial charge in [0, 0.05) is 36.7 Å². The Bertz CT molecular complexity index is 1530. The molecule has 2 N–H and O–H groups in total. The van der Waals surface area contributed by atoms with Crippen LogP contribution in [-0.4, -0.2) is 70.2 Å². The maximum Gasteiger partial charge on any atom is 0.276 e. The first-order chi connectivity index (χ1) is 19.9.